The molecule has 0 aromatic heterocycles. The third kappa shape index (κ3) is 7.70. The maximum atomic E-state index is 6.19. The molecule has 2 heteroatoms. The van der Waals surface area contributed by atoms with E-state index >= 15 is 0 Å². The van der Waals surface area contributed by atoms with Crippen LogP contribution in [0.3, 0.4) is 0 Å². The van der Waals surface area contributed by atoms with Gasteiger partial charge in [0.15, 0.2) is 6.29 Å². The lowest BCUT2D eigenvalue weighted by Crippen LogP contribution is -2.45. The topological polar surface area (TPSA) is 18.5 Å². The Morgan fingerprint density at radius 1 is 0.875 bits per heavy atom. The minimum Gasteiger partial charge on any atom is -0.352 e. The zero-order valence-corrected chi connectivity index (χ0v) is 17.0. The standard InChI is InChI=1S/C22H42O2/c1-7-21-19(5)18(4)20(6)22(24-21)23-16-14-12-10-8-9-11-13-15-17(2)3/h18-22H,2,7-16H2,1,3-6H3. The van der Waals surface area contributed by atoms with E-state index < -0.39 is 0 Å². The summed E-state index contributed by atoms with van der Waals surface area (Å²) in [5.74, 6) is 1.80. The van der Waals surface area contributed by atoms with Gasteiger partial charge in [0.05, 0.1) is 6.10 Å². The van der Waals surface area contributed by atoms with Gasteiger partial charge in [-0.1, -0.05) is 65.4 Å². The monoisotopic (exact) mass is 338 g/mol. The maximum Gasteiger partial charge on any atom is 0.160 e. The van der Waals surface area contributed by atoms with Crippen molar-refractivity contribution in [2.24, 2.45) is 17.8 Å². The molecule has 1 heterocycles. The Bertz CT molecular complexity index is 337. The Kier molecular flexibility index (Phi) is 10.9. The maximum absolute atomic E-state index is 6.19. The van der Waals surface area contributed by atoms with Gasteiger partial charge < -0.3 is 9.47 Å². The van der Waals surface area contributed by atoms with Gasteiger partial charge in [0.1, 0.15) is 0 Å². The third-order valence-electron chi connectivity index (χ3n) is 5.92. The predicted octanol–water partition coefficient (Wildman–Crippen LogP) is 6.74. The van der Waals surface area contributed by atoms with Gasteiger partial charge in [0.2, 0.25) is 0 Å². The lowest BCUT2D eigenvalue weighted by molar-refractivity contribution is -0.248. The van der Waals surface area contributed by atoms with Crippen molar-refractivity contribution in [3.8, 4) is 0 Å². The van der Waals surface area contributed by atoms with Gasteiger partial charge >= 0.3 is 0 Å². The first-order chi connectivity index (χ1) is 11.5. The molecule has 5 atom stereocenters. The van der Waals surface area contributed by atoms with E-state index in [4.69, 9.17) is 9.47 Å². The molecule has 0 radical (unpaired) electrons. The molecular weight excluding hydrogens is 296 g/mol. The SMILES string of the molecule is C=C(C)CCCCCCCCCOC1OC(CC)C(C)C(C)C1C. The number of ether oxygens (including phenoxy) is 2. The summed E-state index contributed by atoms with van der Waals surface area (Å²) in [5, 5.41) is 0. The largest absolute Gasteiger partial charge is 0.352 e. The second-order valence-electron chi connectivity index (χ2n) is 8.08. The first-order valence-electron chi connectivity index (χ1n) is 10.4. The molecule has 5 unspecified atom stereocenters. The summed E-state index contributed by atoms with van der Waals surface area (Å²) in [6, 6.07) is 0. The molecular formula is C22H42O2. The summed E-state index contributed by atoms with van der Waals surface area (Å²) in [5.41, 5.74) is 1.32. The molecule has 0 aromatic carbocycles. The smallest absolute Gasteiger partial charge is 0.160 e. The highest BCUT2D eigenvalue weighted by molar-refractivity contribution is 4.87. The van der Waals surface area contributed by atoms with E-state index in [0.29, 0.717) is 23.9 Å². The Morgan fingerprint density at radius 2 is 1.46 bits per heavy atom. The summed E-state index contributed by atoms with van der Waals surface area (Å²) < 4.78 is 12.3. The number of hydrogen-bond donors (Lipinski definition) is 0. The van der Waals surface area contributed by atoms with E-state index in [1.54, 1.807) is 0 Å². The Morgan fingerprint density at radius 3 is 2.04 bits per heavy atom. The van der Waals surface area contributed by atoms with E-state index in [2.05, 4.69) is 41.2 Å². The molecule has 0 amide bonds. The highest BCUT2D eigenvalue weighted by Gasteiger charge is 2.38. The van der Waals surface area contributed by atoms with Crippen LogP contribution < -0.4 is 0 Å². The minimum atomic E-state index is 0.00305. The summed E-state index contributed by atoms with van der Waals surface area (Å²) in [6.07, 6.45) is 11.8. The molecule has 0 N–H and O–H groups in total. The summed E-state index contributed by atoms with van der Waals surface area (Å²) in [4.78, 5) is 0. The van der Waals surface area contributed by atoms with Crippen LogP contribution in [0.15, 0.2) is 12.2 Å². The first-order valence-corrected chi connectivity index (χ1v) is 10.4. The van der Waals surface area contributed by atoms with Gasteiger partial charge in [0, 0.05) is 12.5 Å². The van der Waals surface area contributed by atoms with Crippen molar-refractivity contribution in [2.75, 3.05) is 6.61 Å². The molecule has 142 valence electrons. The minimum absolute atomic E-state index is 0.00305. The zero-order chi connectivity index (χ0) is 17.9. The molecule has 0 aromatic rings. The molecule has 1 fully saturated rings. The molecule has 2 nitrogen and oxygen atoms in total. The first kappa shape index (κ1) is 21.7. The fraction of sp³-hybridized carbons (Fsp3) is 0.909. The lowest BCUT2D eigenvalue weighted by Gasteiger charge is -2.43. The molecule has 24 heavy (non-hydrogen) atoms. The average molecular weight is 339 g/mol. The molecule has 1 rings (SSSR count). The second-order valence-corrected chi connectivity index (χ2v) is 8.08. The predicted molar refractivity (Wildman–Crippen MR) is 104 cm³/mol. The third-order valence-corrected chi connectivity index (χ3v) is 5.92. The summed E-state index contributed by atoms with van der Waals surface area (Å²) in [7, 11) is 0. The zero-order valence-electron chi connectivity index (χ0n) is 17.0. The highest BCUT2D eigenvalue weighted by Crippen LogP contribution is 2.36. The van der Waals surface area contributed by atoms with Crippen LogP contribution in [0.4, 0.5) is 0 Å². The number of unbranched alkanes of at least 4 members (excludes halogenated alkanes) is 6. The van der Waals surface area contributed by atoms with Crippen molar-refractivity contribution >= 4 is 0 Å². The van der Waals surface area contributed by atoms with Gasteiger partial charge in [0.25, 0.3) is 0 Å². The Balaban J connectivity index is 2.05. The highest BCUT2D eigenvalue weighted by atomic mass is 16.7. The van der Waals surface area contributed by atoms with Crippen LogP contribution in [-0.2, 0) is 9.47 Å². The van der Waals surface area contributed by atoms with Gasteiger partial charge in [-0.15, -0.1) is 6.58 Å². The molecule has 1 aliphatic heterocycles. The van der Waals surface area contributed by atoms with Crippen molar-refractivity contribution < 1.29 is 9.47 Å². The molecule has 1 aliphatic rings. The van der Waals surface area contributed by atoms with Crippen molar-refractivity contribution in [3.63, 3.8) is 0 Å². The van der Waals surface area contributed by atoms with E-state index in [1.807, 2.05) is 0 Å². The fourth-order valence-electron chi connectivity index (χ4n) is 3.76. The molecule has 0 bridgehead atoms. The van der Waals surface area contributed by atoms with Crippen molar-refractivity contribution in [2.45, 2.75) is 105 Å². The summed E-state index contributed by atoms with van der Waals surface area (Å²) in [6.45, 7) is 16.1. The van der Waals surface area contributed by atoms with E-state index in [-0.39, 0.29) is 6.29 Å². The second kappa shape index (κ2) is 12.1. The van der Waals surface area contributed by atoms with Crippen LogP contribution >= 0.6 is 0 Å². The number of allylic oxidation sites excluding steroid dienone is 1. The van der Waals surface area contributed by atoms with Gasteiger partial charge in [-0.3, -0.25) is 0 Å². The van der Waals surface area contributed by atoms with Crippen molar-refractivity contribution in [3.05, 3.63) is 12.2 Å². The van der Waals surface area contributed by atoms with Crippen LogP contribution in [0.5, 0.6) is 0 Å². The van der Waals surface area contributed by atoms with Gasteiger partial charge in [-0.05, 0) is 44.4 Å². The normalized spacial score (nSPS) is 30.5. The van der Waals surface area contributed by atoms with Crippen LogP contribution in [0.25, 0.3) is 0 Å². The van der Waals surface area contributed by atoms with E-state index in [1.165, 1.54) is 56.9 Å². The molecule has 0 saturated carbocycles. The fourth-order valence-corrected chi connectivity index (χ4v) is 3.76. The van der Waals surface area contributed by atoms with Gasteiger partial charge in [-0.25, -0.2) is 0 Å². The van der Waals surface area contributed by atoms with Gasteiger partial charge in [-0.2, -0.15) is 0 Å². The van der Waals surface area contributed by atoms with E-state index in [0.717, 1.165) is 13.0 Å². The Hall–Kier alpha value is -0.340. The Labute approximate surface area is 151 Å². The lowest BCUT2D eigenvalue weighted by atomic mass is 9.78. The van der Waals surface area contributed by atoms with Crippen LogP contribution in [-0.4, -0.2) is 19.0 Å². The molecule has 0 spiro atoms. The van der Waals surface area contributed by atoms with Crippen LogP contribution in [0, 0.1) is 17.8 Å². The number of hydrogen-bond acceptors (Lipinski definition) is 2. The van der Waals surface area contributed by atoms with Crippen LogP contribution in [0.2, 0.25) is 0 Å². The summed E-state index contributed by atoms with van der Waals surface area (Å²) >= 11 is 0. The van der Waals surface area contributed by atoms with Crippen molar-refractivity contribution in [1.82, 2.24) is 0 Å². The molecule has 1 saturated heterocycles. The molecule has 0 aliphatic carbocycles. The number of rotatable bonds is 12. The quantitative estimate of drug-likeness (QED) is 0.290. The van der Waals surface area contributed by atoms with Crippen molar-refractivity contribution in [1.29, 1.82) is 0 Å². The van der Waals surface area contributed by atoms with E-state index in [9.17, 15) is 0 Å². The van der Waals surface area contributed by atoms with Crippen LogP contribution in [0.1, 0.15) is 92.4 Å². The average Bonchev–Trinajstić information content (AvgIpc) is 2.56.